The molecule has 0 radical (unpaired) electrons. The summed E-state index contributed by atoms with van der Waals surface area (Å²) in [5, 5.41) is 19.2. The van der Waals surface area contributed by atoms with E-state index < -0.39 is 18.0 Å². The summed E-state index contributed by atoms with van der Waals surface area (Å²) in [7, 11) is 0. The summed E-state index contributed by atoms with van der Waals surface area (Å²) >= 11 is 0. The highest BCUT2D eigenvalue weighted by molar-refractivity contribution is 6.00. The number of hydrogen-bond donors (Lipinski definition) is 2. The third-order valence-electron chi connectivity index (χ3n) is 4.92. The van der Waals surface area contributed by atoms with Gasteiger partial charge in [0.15, 0.2) is 0 Å². The van der Waals surface area contributed by atoms with Crippen molar-refractivity contribution in [3.63, 3.8) is 0 Å². The minimum absolute atomic E-state index is 0.128. The van der Waals surface area contributed by atoms with Crippen molar-refractivity contribution in [3.05, 3.63) is 11.3 Å². The molecule has 1 aliphatic carbocycles. The molecule has 104 valence electrons. The molecule has 3 rings (SSSR count). The number of carboxylic acids is 1. The van der Waals surface area contributed by atoms with Crippen LogP contribution in [0, 0.1) is 17.8 Å². The van der Waals surface area contributed by atoms with Gasteiger partial charge in [-0.2, -0.15) is 0 Å². The number of carbonyl (C=O) groups is 2. The Morgan fingerprint density at radius 1 is 1.42 bits per heavy atom. The van der Waals surface area contributed by atoms with Gasteiger partial charge in [-0.05, 0) is 31.3 Å². The average molecular weight is 265 g/mol. The van der Waals surface area contributed by atoms with E-state index in [2.05, 4.69) is 0 Å². The topological polar surface area (TPSA) is 77.8 Å². The minimum Gasteiger partial charge on any atom is -0.477 e. The van der Waals surface area contributed by atoms with E-state index in [-0.39, 0.29) is 29.5 Å². The van der Waals surface area contributed by atoms with Gasteiger partial charge in [-0.15, -0.1) is 0 Å². The van der Waals surface area contributed by atoms with Gasteiger partial charge in [0.05, 0.1) is 18.1 Å². The van der Waals surface area contributed by atoms with Crippen LogP contribution in [0.25, 0.3) is 0 Å². The predicted molar refractivity (Wildman–Crippen MR) is 67.0 cm³/mol. The fraction of sp³-hybridized carbons (Fsp3) is 0.714. The van der Waals surface area contributed by atoms with Gasteiger partial charge >= 0.3 is 5.97 Å². The Labute approximate surface area is 111 Å². The number of rotatable bonds is 2. The second-order valence-corrected chi connectivity index (χ2v) is 6.01. The zero-order valence-corrected chi connectivity index (χ0v) is 11.2. The maximum Gasteiger partial charge on any atom is 0.352 e. The predicted octanol–water partition coefficient (Wildman–Crippen LogP) is 0.983. The van der Waals surface area contributed by atoms with Gasteiger partial charge in [0, 0.05) is 5.92 Å². The van der Waals surface area contributed by atoms with Gasteiger partial charge in [-0.1, -0.05) is 13.3 Å². The van der Waals surface area contributed by atoms with Crippen molar-refractivity contribution in [2.24, 2.45) is 17.8 Å². The van der Waals surface area contributed by atoms with E-state index in [0.717, 1.165) is 24.8 Å². The molecule has 0 spiro atoms. The molecule has 0 bridgehead atoms. The zero-order valence-electron chi connectivity index (χ0n) is 11.2. The number of aliphatic hydroxyl groups excluding tert-OH is 1. The van der Waals surface area contributed by atoms with Crippen LogP contribution in [0.2, 0.25) is 0 Å². The second kappa shape index (κ2) is 4.07. The number of amides is 1. The molecule has 1 saturated carbocycles. The lowest BCUT2D eigenvalue weighted by atomic mass is 9.70. The van der Waals surface area contributed by atoms with E-state index in [1.54, 1.807) is 6.92 Å². The first-order chi connectivity index (χ1) is 8.95. The molecule has 5 nitrogen and oxygen atoms in total. The summed E-state index contributed by atoms with van der Waals surface area (Å²) in [6, 6.07) is -0.128. The Bertz CT molecular complexity index is 482. The summed E-state index contributed by atoms with van der Waals surface area (Å²) < 4.78 is 0. The van der Waals surface area contributed by atoms with E-state index in [9.17, 15) is 19.8 Å². The number of β-lactam (4-membered cyclic amide) rings is 1. The zero-order chi connectivity index (χ0) is 13.9. The number of nitrogens with zero attached hydrogens (tertiary/aromatic N) is 1. The van der Waals surface area contributed by atoms with Crippen molar-refractivity contribution in [3.8, 4) is 0 Å². The SMILES string of the molecule is CC1CCCC2C1=C(C(=O)O)N1C(=O)[C@H]([C@@H](C)O)[C@@H]21. The number of hydrogen-bond acceptors (Lipinski definition) is 3. The lowest BCUT2D eigenvalue weighted by Gasteiger charge is -2.47. The van der Waals surface area contributed by atoms with Crippen molar-refractivity contribution in [2.75, 3.05) is 0 Å². The molecule has 2 aliphatic heterocycles. The van der Waals surface area contributed by atoms with Crippen molar-refractivity contribution in [1.82, 2.24) is 4.90 Å². The molecule has 1 amide bonds. The van der Waals surface area contributed by atoms with Crippen molar-refractivity contribution < 1.29 is 19.8 Å². The fourth-order valence-electron chi connectivity index (χ4n) is 4.16. The van der Waals surface area contributed by atoms with Gasteiger partial charge < -0.3 is 15.1 Å². The molecule has 5 heteroatoms. The monoisotopic (exact) mass is 265 g/mol. The highest BCUT2D eigenvalue weighted by Gasteiger charge is 2.61. The Kier molecular flexibility index (Phi) is 2.71. The first-order valence-corrected chi connectivity index (χ1v) is 6.93. The summed E-state index contributed by atoms with van der Waals surface area (Å²) in [4.78, 5) is 25.0. The van der Waals surface area contributed by atoms with Gasteiger partial charge in [-0.3, -0.25) is 4.79 Å². The highest BCUT2D eigenvalue weighted by atomic mass is 16.4. The maximum atomic E-state index is 12.1. The van der Waals surface area contributed by atoms with E-state index in [4.69, 9.17) is 0 Å². The van der Waals surface area contributed by atoms with Crippen LogP contribution in [0.3, 0.4) is 0 Å². The van der Waals surface area contributed by atoms with Crippen molar-refractivity contribution in [2.45, 2.75) is 45.3 Å². The molecule has 19 heavy (non-hydrogen) atoms. The van der Waals surface area contributed by atoms with Crippen LogP contribution in [0.5, 0.6) is 0 Å². The summed E-state index contributed by atoms with van der Waals surface area (Å²) in [5.41, 5.74) is 1.13. The number of fused-ring (bicyclic) bond motifs is 3. The third-order valence-corrected chi connectivity index (χ3v) is 4.92. The molecule has 0 aromatic rings. The summed E-state index contributed by atoms with van der Waals surface area (Å²) in [5.74, 6) is -1.31. The maximum absolute atomic E-state index is 12.1. The van der Waals surface area contributed by atoms with E-state index in [1.165, 1.54) is 4.90 Å². The molecule has 2 fully saturated rings. The molecule has 5 atom stereocenters. The summed E-state index contributed by atoms with van der Waals surface area (Å²) in [6.07, 6.45) is 2.26. The largest absolute Gasteiger partial charge is 0.477 e. The number of aliphatic hydroxyl groups is 1. The number of carbonyl (C=O) groups excluding carboxylic acids is 1. The molecule has 3 aliphatic rings. The number of carboxylic acid groups (broad SMARTS) is 1. The Hall–Kier alpha value is -1.36. The quantitative estimate of drug-likeness (QED) is 0.730. The van der Waals surface area contributed by atoms with Crippen LogP contribution in [0.15, 0.2) is 11.3 Å². The van der Waals surface area contributed by atoms with Crippen molar-refractivity contribution >= 4 is 11.9 Å². The lowest BCUT2D eigenvalue weighted by molar-refractivity contribution is -0.163. The molecule has 2 N–H and O–H groups in total. The van der Waals surface area contributed by atoms with Gasteiger partial charge in [-0.25, -0.2) is 4.79 Å². The highest BCUT2D eigenvalue weighted by Crippen LogP contribution is 2.53. The van der Waals surface area contributed by atoms with Crippen LogP contribution < -0.4 is 0 Å². The standard InChI is InChI=1S/C14H19NO4/c1-6-4-3-5-8-9(6)12(14(18)19)15-11(8)10(7(2)16)13(15)17/h6-8,10-11,16H,3-5H2,1-2H3,(H,18,19)/t6?,7-,8?,10-,11-/m1/s1. The Morgan fingerprint density at radius 3 is 2.68 bits per heavy atom. The van der Waals surface area contributed by atoms with Crippen LogP contribution >= 0.6 is 0 Å². The Balaban J connectivity index is 2.04. The average Bonchev–Trinajstić information content (AvgIpc) is 2.61. The van der Waals surface area contributed by atoms with Crippen LogP contribution in [0.1, 0.15) is 33.1 Å². The molecule has 2 heterocycles. The van der Waals surface area contributed by atoms with Gasteiger partial charge in [0.1, 0.15) is 5.70 Å². The minimum atomic E-state index is -1.01. The third kappa shape index (κ3) is 1.51. The van der Waals surface area contributed by atoms with E-state index in [1.807, 2.05) is 6.92 Å². The molecule has 1 saturated heterocycles. The van der Waals surface area contributed by atoms with E-state index >= 15 is 0 Å². The molecular weight excluding hydrogens is 246 g/mol. The molecule has 2 unspecified atom stereocenters. The first kappa shape index (κ1) is 12.7. The van der Waals surface area contributed by atoms with E-state index in [0.29, 0.717) is 0 Å². The van der Waals surface area contributed by atoms with Crippen LogP contribution in [-0.2, 0) is 9.59 Å². The molecular formula is C14H19NO4. The van der Waals surface area contributed by atoms with Crippen LogP contribution in [0.4, 0.5) is 0 Å². The summed E-state index contributed by atoms with van der Waals surface area (Å²) in [6.45, 7) is 3.66. The fourth-order valence-corrected chi connectivity index (χ4v) is 4.16. The smallest absolute Gasteiger partial charge is 0.352 e. The molecule has 0 aromatic carbocycles. The molecule has 0 aromatic heterocycles. The lowest BCUT2D eigenvalue weighted by Crippen LogP contribution is -2.64. The second-order valence-electron chi connectivity index (χ2n) is 6.01. The first-order valence-electron chi connectivity index (χ1n) is 6.93. The van der Waals surface area contributed by atoms with Gasteiger partial charge in [0.25, 0.3) is 0 Å². The Morgan fingerprint density at radius 2 is 2.11 bits per heavy atom. The van der Waals surface area contributed by atoms with Gasteiger partial charge in [0.2, 0.25) is 5.91 Å². The van der Waals surface area contributed by atoms with Crippen LogP contribution in [-0.4, -0.2) is 39.1 Å². The number of aliphatic carboxylic acids is 1. The van der Waals surface area contributed by atoms with Crippen molar-refractivity contribution in [1.29, 1.82) is 0 Å². The normalized spacial score (nSPS) is 38.7.